The molecule has 1 fully saturated rings. The van der Waals surface area contributed by atoms with E-state index in [0.29, 0.717) is 25.3 Å². The highest BCUT2D eigenvalue weighted by atomic mass is 19.4. The number of nitrogens with zero attached hydrogens (tertiary/aromatic N) is 1. The molecule has 0 aliphatic carbocycles. The van der Waals surface area contributed by atoms with Crippen LogP contribution in [-0.2, 0) is 16.0 Å². The second kappa shape index (κ2) is 8.37. The van der Waals surface area contributed by atoms with Crippen molar-refractivity contribution >= 4 is 5.91 Å². The third kappa shape index (κ3) is 5.70. The lowest BCUT2D eigenvalue weighted by atomic mass is 10.1. The third-order valence-corrected chi connectivity index (χ3v) is 4.00. The molecular weight excluding hydrogens is 323 g/mol. The number of halogens is 3. The van der Waals surface area contributed by atoms with Crippen LogP contribution in [0.3, 0.4) is 0 Å². The van der Waals surface area contributed by atoms with Gasteiger partial charge >= 0.3 is 6.36 Å². The molecule has 0 atom stereocenters. The molecule has 0 saturated carbocycles. The van der Waals surface area contributed by atoms with Gasteiger partial charge < -0.3 is 14.4 Å². The summed E-state index contributed by atoms with van der Waals surface area (Å²) in [7, 11) is 0. The summed E-state index contributed by atoms with van der Waals surface area (Å²) in [4.78, 5) is 14.0. The smallest absolute Gasteiger partial charge is 0.406 e. The van der Waals surface area contributed by atoms with Crippen LogP contribution in [0.25, 0.3) is 0 Å². The van der Waals surface area contributed by atoms with E-state index in [1.165, 1.54) is 12.1 Å². The average Bonchev–Trinajstić information content (AvgIpc) is 2.53. The summed E-state index contributed by atoms with van der Waals surface area (Å²) in [5.41, 5.74) is 0.382. The molecule has 1 aliphatic rings. The highest BCUT2D eigenvalue weighted by Crippen LogP contribution is 2.27. The summed E-state index contributed by atoms with van der Waals surface area (Å²) in [5.74, 6) is -0.292. The molecule has 1 heterocycles. The van der Waals surface area contributed by atoms with E-state index in [4.69, 9.17) is 4.74 Å². The van der Waals surface area contributed by atoms with Crippen LogP contribution in [0.1, 0.15) is 31.7 Å². The molecule has 1 saturated heterocycles. The van der Waals surface area contributed by atoms with E-state index in [2.05, 4.69) is 4.74 Å². The zero-order valence-corrected chi connectivity index (χ0v) is 13.6. The maximum absolute atomic E-state index is 12.4. The second-order valence-electron chi connectivity index (χ2n) is 5.69. The Hall–Kier alpha value is -1.76. The summed E-state index contributed by atoms with van der Waals surface area (Å²) < 4.78 is 46.8. The Balaban J connectivity index is 1.86. The molecular formula is C17H22F3NO3. The number of rotatable bonds is 6. The van der Waals surface area contributed by atoms with Gasteiger partial charge in [-0.05, 0) is 37.8 Å². The number of carbonyl (C=O) groups is 1. The highest BCUT2D eigenvalue weighted by molar-refractivity contribution is 5.76. The molecule has 0 radical (unpaired) electrons. The lowest BCUT2D eigenvalue weighted by Gasteiger charge is -2.31. The molecule has 4 nitrogen and oxygen atoms in total. The maximum Gasteiger partial charge on any atom is 0.573 e. The lowest BCUT2D eigenvalue weighted by Crippen LogP contribution is -2.41. The number of hydrogen-bond acceptors (Lipinski definition) is 3. The molecule has 0 spiro atoms. The van der Waals surface area contributed by atoms with Crippen molar-refractivity contribution in [3.63, 3.8) is 0 Å². The van der Waals surface area contributed by atoms with Gasteiger partial charge in [-0.1, -0.05) is 18.2 Å². The molecule has 1 aromatic carbocycles. The minimum atomic E-state index is -4.73. The van der Waals surface area contributed by atoms with E-state index in [1.54, 1.807) is 17.0 Å². The number of likely N-dealkylation sites (tertiary alicyclic amines) is 1. The van der Waals surface area contributed by atoms with Crippen LogP contribution in [0, 0.1) is 0 Å². The fraction of sp³-hybridized carbons (Fsp3) is 0.588. The van der Waals surface area contributed by atoms with Crippen molar-refractivity contribution in [1.82, 2.24) is 4.90 Å². The first-order valence-corrected chi connectivity index (χ1v) is 8.12. The molecule has 1 aromatic rings. The summed E-state index contributed by atoms with van der Waals surface area (Å²) in [6.45, 7) is 3.86. The van der Waals surface area contributed by atoms with Crippen LogP contribution in [0.4, 0.5) is 13.2 Å². The van der Waals surface area contributed by atoms with Gasteiger partial charge in [0.15, 0.2) is 0 Å². The van der Waals surface area contributed by atoms with Gasteiger partial charge in [0.2, 0.25) is 5.91 Å². The number of para-hydroxylation sites is 1. The quantitative estimate of drug-likeness (QED) is 0.791. The summed E-state index contributed by atoms with van der Waals surface area (Å²) in [5, 5.41) is 0. The van der Waals surface area contributed by atoms with Crippen LogP contribution >= 0.6 is 0 Å². The number of hydrogen-bond donors (Lipinski definition) is 0. The number of alkyl halides is 3. The molecule has 24 heavy (non-hydrogen) atoms. The highest BCUT2D eigenvalue weighted by Gasteiger charge is 2.32. The molecule has 2 rings (SSSR count). The summed E-state index contributed by atoms with van der Waals surface area (Å²) in [6.07, 6.45) is -2.56. The van der Waals surface area contributed by atoms with E-state index < -0.39 is 6.36 Å². The van der Waals surface area contributed by atoms with Crippen LogP contribution in [0.2, 0.25) is 0 Å². The summed E-state index contributed by atoms with van der Waals surface area (Å²) >= 11 is 0. The van der Waals surface area contributed by atoms with Crippen molar-refractivity contribution in [3.8, 4) is 5.75 Å². The molecule has 7 heteroatoms. The van der Waals surface area contributed by atoms with Crippen molar-refractivity contribution in [1.29, 1.82) is 0 Å². The first-order valence-electron chi connectivity index (χ1n) is 8.12. The van der Waals surface area contributed by atoms with Gasteiger partial charge in [0, 0.05) is 26.1 Å². The molecule has 1 aliphatic heterocycles. The van der Waals surface area contributed by atoms with E-state index >= 15 is 0 Å². The van der Waals surface area contributed by atoms with Gasteiger partial charge in [0.05, 0.1) is 6.10 Å². The van der Waals surface area contributed by atoms with Crippen LogP contribution in [0.15, 0.2) is 24.3 Å². The summed E-state index contributed by atoms with van der Waals surface area (Å²) in [6, 6.07) is 5.93. The van der Waals surface area contributed by atoms with E-state index in [9.17, 15) is 18.0 Å². The first-order chi connectivity index (χ1) is 11.4. The first kappa shape index (κ1) is 18.6. The van der Waals surface area contributed by atoms with Crippen LogP contribution in [0.5, 0.6) is 5.75 Å². The molecule has 0 N–H and O–H groups in total. The standard InChI is InChI=1S/C17H22F3NO3/c1-2-23-14-9-11-21(12-10-14)16(22)8-7-13-5-3-4-6-15(13)24-17(18,19)20/h3-6,14H,2,7-12H2,1H3. The zero-order valence-electron chi connectivity index (χ0n) is 13.6. The minimum absolute atomic E-state index is 0.0493. The maximum atomic E-state index is 12.4. The Bertz CT molecular complexity index is 540. The SMILES string of the molecule is CCOC1CCN(C(=O)CCc2ccccc2OC(F)(F)F)CC1. The van der Waals surface area contributed by atoms with Crippen molar-refractivity contribution < 1.29 is 27.4 Å². The molecule has 1 amide bonds. The normalized spacial score (nSPS) is 16.2. The van der Waals surface area contributed by atoms with Gasteiger partial charge in [-0.25, -0.2) is 0 Å². The van der Waals surface area contributed by atoms with Crippen LogP contribution < -0.4 is 4.74 Å². The number of benzene rings is 1. The fourth-order valence-electron chi connectivity index (χ4n) is 2.84. The Labute approximate surface area is 139 Å². The Morgan fingerprint density at radius 1 is 1.25 bits per heavy atom. The van der Waals surface area contributed by atoms with Crippen molar-refractivity contribution in [2.45, 2.75) is 45.1 Å². The minimum Gasteiger partial charge on any atom is -0.406 e. The van der Waals surface area contributed by atoms with Gasteiger partial charge in [-0.15, -0.1) is 13.2 Å². The topological polar surface area (TPSA) is 38.8 Å². The Kier molecular flexibility index (Phi) is 6.48. The molecule has 134 valence electrons. The third-order valence-electron chi connectivity index (χ3n) is 4.00. The van der Waals surface area contributed by atoms with Crippen molar-refractivity contribution in [2.75, 3.05) is 19.7 Å². The van der Waals surface area contributed by atoms with E-state index in [1.807, 2.05) is 6.92 Å². The Morgan fingerprint density at radius 3 is 2.54 bits per heavy atom. The second-order valence-corrected chi connectivity index (χ2v) is 5.69. The lowest BCUT2D eigenvalue weighted by molar-refractivity contribution is -0.274. The molecule has 0 unspecified atom stereocenters. The molecule has 0 aromatic heterocycles. The van der Waals surface area contributed by atoms with Crippen LogP contribution in [-0.4, -0.2) is 43.0 Å². The monoisotopic (exact) mass is 345 g/mol. The number of ether oxygens (including phenoxy) is 2. The average molecular weight is 345 g/mol. The van der Waals surface area contributed by atoms with Gasteiger partial charge in [-0.3, -0.25) is 4.79 Å². The van der Waals surface area contributed by atoms with Crippen molar-refractivity contribution in [3.05, 3.63) is 29.8 Å². The van der Waals surface area contributed by atoms with E-state index in [-0.39, 0.29) is 30.6 Å². The predicted molar refractivity (Wildman–Crippen MR) is 82.7 cm³/mol. The number of piperidine rings is 1. The largest absolute Gasteiger partial charge is 0.573 e. The fourth-order valence-corrected chi connectivity index (χ4v) is 2.84. The number of carbonyl (C=O) groups excluding carboxylic acids is 1. The Morgan fingerprint density at radius 2 is 1.92 bits per heavy atom. The zero-order chi connectivity index (χ0) is 17.6. The van der Waals surface area contributed by atoms with Crippen molar-refractivity contribution in [2.24, 2.45) is 0 Å². The van der Waals surface area contributed by atoms with Gasteiger partial charge in [0.25, 0.3) is 0 Å². The van der Waals surface area contributed by atoms with Gasteiger partial charge in [-0.2, -0.15) is 0 Å². The number of aryl methyl sites for hydroxylation is 1. The predicted octanol–water partition coefficient (Wildman–Crippen LogP) is 3.55. The number of amides is 1. The van der Waals surface area contributed by atoms with E-state index in [0.717, 1.165) is 12.8 Å². The molecule has 0 bridgehead atoms. The van der Waals surface area contributed by atoms with Gasteiger partial charge in [0.1, 0.15) is 5.75 Å².